The molecule has 1 aliphatic carbocycles. The van der Waals surface area contributed by atoms with Gasteiger partial charge in [-0.2, -0.15) is 5.26 Å². The van der Waals surface area contributed by atoms with Gasteiger partial charge in [-0.1, -0.05) is 19.3 Å². The molecule has 0 saturated heterocycles. The van der Waals surface area contributed by atoms with Crippen LogP contribution in [0.5, 0.6) is 0 Å². The highest BCUT2D eigenvalue weighted by molar-refractivity contribution is 9.10. The molecule has 0 radical (unpaired) electrons. The van der Waals surface area contributed by atoms with E-state index in [-0.39, 0.29) is 11.8 Å². The Morgan fingerprint density at radius 3 is 2.79 bits per heavy atom. The molecule has 1 fully saturated rings. The summed E-state index contributed by atoms with van der Waals surface area (Å²) in [4.78, 5) is 16.0. The molecule has 100 valence electrons. The first-order valence-corrected chi connectivity index (χ1v) is 7.31. The number of carbonyl (C=O) groups is 1. The number of nitrogens with one attached hydrogen (secondary N) is 1. The highest BCUT2D eigenvalue weighted by Gasteiger charge is 2.25. The summed E-state index contributed by atoms with van der Waals surface area (Å²) in [7, 11) is 0. The van der Waals surface area contributed by atoms with Crippen molar-refractivity contribution in [2.75, 3.05) is 0 Å². The van der Waals surface area contributed by atoms with Crippen molar-refractivity contribution in [2.45, 2.75) is 38.1 Å². The lowest BCUT2D eigenvalue weighted by Gasteiger charge is -2.26. The Kier molecular flexibility index (Phi) is 4.92. The summed E-state index contributed by atoms with van der Waals surface area (Å²) in [6.45, 7) is 0. The Labute approximate surface area is 121 Å². The number of amides is 1. The van der Waals surface area contributed by atoms with Crippen LogP contribution in [0.15, 0.2) is 22.9 Å². The van der Waals surface area contributed by atoms with Crippen LogP contribution < -0.4 is 5.32 Å². The molecule has 1 atom stereocenters. The maximum absolute atomic E-state index is 12.1. The quantitative estimate of drug-likeness (QED) is 0.930. The molecule has 1 heterocycles. The molecule has 4 nitrogen and oxygen atoms in total. The first kappa shape index (κ1) is 14.0. The van der Waals surface area contributed by atoms with Crippen LogP contribution in [0.2, 0.25) is 0 Å². The molecular formula is C14H16BrN3O. The Morgan fingerprint density at radius 2 is 2.16 bits per heavy atom. The number of nitriles is 1. The van der Waals surface area contributed by atoms with Crippen LogP contribution in [-0.4, -0.2) is 16.9 Å². The monoisotopic (exact) mass is 321 g/mol. The van der Waals surface area contributed by atoms with Crippen molar-refractivity contribution in [3.63, 3.8) is 0 Å². The summed E-state index contributed by atoms with van der Waals surface area (Å²) in [5.74, 6) is 0.0498. The average molecular weight is 322 g/mol. The molecule has 19 heavy (non-hydrogen) atoms. The molecule has 0 bridgehead atoms. The summed E-state index contributed by atoms with van der Waals surface area (Å²) in [6, 6.07) is 3.53. The van der Waals surface area contributed by atoms with Gasteiger partial charge >= 0.3 is 0 Å². The lowest BCUT2D eigenvalue weighted by atomic mass is 9.84. The summed E-state index contributed by atoms with van der Waals surface area (Å²) >= 11 is 3.28. The zero-order valence-corrected chi connectivity index (χ0v) is 12.2. The summed E-state index contributed by atoms with van der Waals surface area (Å²) in [5, 5.41) is 12.1. The molecule has 0 aliphatic heterocycles. The molecule has 1 unspecified atom stereocenters. The van der Waals surface area contributed by atoms with Crippen molar-refractivity contribution < 1.29 is 4.79 Å². The van der Waals surface area contributed by atoms with E-state index >= 15 is 0 Å². The van der Waals surface area contributed by atoms with Crippen LogP contribution in [0.1, 0.15) is 42.5 Å². The van der Waals surface area contributed by atoms with Crippen molar-refractivity contribution in [1.82, 2.24) is 10.3 Å². The van der Waals surface area contributed by atoms with Crippen molar-refractivity contribution in [3.8, 4) is 6.07 Å². The summed E-state index contributed by atoms with van der Waals surface area (Å²) < 4.78 is 0.756. The van der Waals surface area contributed by atoms with Gasteiger partial charge in [-0.3, -0.25) is 9.78 Å². The van der Waals surface area contributed by atoms with Gasteiger partial charge in [0.1, 0.15) is 6.04 Å². The lowest BCUT2D eigenvalue weighted by molar-refractivity contribution is 0.0928. The molecule has 1 aliphatic rings. The second-order valence-electron chi connectivity index (χ2n) is 4.87. The third kappa shape index (κ3) is 3.77. The summed E-state index contributed by atoms with van der Waals surface area (Å²) in [5.41, 5.74) is 0.477. The third-order valence-electron chi connectivity index (χ3n) is 3.51. The van der Waals surface area contributed by atoms with Gasteiger partial charge in [0, 0.05) is 16.9 Å². The maximum atomic E-state index is 12.1. The fourth-order valence-electron chi connectivity index (χ4n) is 2.48. The van der Waals surface area contributed by atoms with E-state index in [9.17, 15) is 10.1 Å². The van der Waals surface area contributed by atoms with Crippen LogP contribution in [0.4, 0.5) is 0 Å². The first-order valence-electron chi connectivity index (χ1n) is 6.51. The largest absolute Gasteiger partial charge is 0.336 e. The Morgan fingerprint density at radius 1 is 1.42 bits per heavy atom. The van der Waals surface area contributed by atoms with Crippen molar-refractivity contribution in [3.05, 3.63) is 28.5 Å². The van der Waals surface area contributed by atoms with Crippen molar-refractivity contribution in [2.24, 2.45) is 5.92 Å². The van der Waals surface area contributed by atoms with E-state index < -0.39 is 6.04 Å². The fraction of sp³-hybridized carbons (Fsp3) is 0.500. The molecule has 5 heteroatoms. The van der Waals surface area contributed by atoms with Crippen LogP contribution in [-0.2, 0) is 0 Å². The van der Waals surface area contributed by atoms with Crippen molar-refractivity contribution in [1.29, 1.82) is 5.26 Å². The Balaban J connectivity index is 2.02. The smallest absolute Gasteiger partial charge is 0.253 e. The van der Waals surface area contributed by atoms with E-state index in [1.165, 1.54) is 12.6 Å². The fourth-order valence-corrected chi connectivity index (χ4v) is 2.85. The number of nitrogens with zero attached hydrogens (tertiary/aromatic N) is 2. The number of pyridine rings is 1. The minimum Gasteiger partial charge on any atom is -0.336 e. The predicted molar refractivity (Wildman–Crippen MR) is 75.4 cm³/mol. The SMILES string of the molecule is N#CC(NC(=O)c1cncc(Br)c1)C1CCCCC1. The van der Waals surface area contributed by atoms with E-state index in [1.807, 2.05) is 0 Å². The molecular weight excluding hydrogens is 306 g/mol. The highest BCUT2D eigenvalue weighted by Crippen LogP contribution is 2.26. The zero-order valence-electron chi connectivity index (χ0n) is 10.6. The van der Waals surface area contributed by atoms with Gasteiger partial charge < -0.3 is 5.32 Å². The number of hydrogen-bond acceptors (Lipinski definition) is 3. The van der Waals surface area contributed by atoms with Crippen LogP contribution in [0, 0.1) is 17.2 Å². The van der Waals surface area contributed by atoms with Gasteiger partial charge in [-0.15, -0.1) is 0 Å². The van der Waals surface area contributed by atoms with Crippen LogP contribution in [0.3, 0.4) is 0 Å². The maximum Gasteiger partial charge on any atom is 0.253 e. The van der Waals surface area contributed by atoms with E-state index in [0.717, 1.165) is 30.2 Å². The van der Waals surface area contributed by atoms with Crippen LogP contribution in [0.25, 0.3) is 0 Å². The number of hydrogen-bond donors (Lipinski definition) is 1. The minimum atomic E-state index is -0.396. The Hall–Kier alpha value is -1.41. The van der Waals surface area contributed by atoms with E-state index in [2.05, 4.69) is 32.3 Å². The number of halogens is 1. The molecule has 0 aromatic carbocycles. The zero-order chi connectivity index (χ0) is 13.7. The minimum absolute atomic E-state index is 0.231. The second-order valence-corrected chi connectivity index (χ2v) is 5.79. The molecule has 1 aromatic heterocycles. The topological polar surface area (TPSA) is 65.8 Å². The first-order chi connectivity index (χ1) is 9.20. The second kappa shape index (κ2) is 6.67. The van der Waals surface area contributed by atoms with Gasteiger partial charge in [0.15, 0.2) is 0 Å². The third-order valence-corrected chi connectivity index (χ3v) is 3.95. The predicted octanol–water partition coefficient (Wildman–Crippen LogP) is 3.05. The molecule has 1 aromatic rings. The van der Waals surface area contributed by atoms with Gasteiger partial charge in [0.2, 0.25) is 0 Å². The van der Waals surface area contributed by atoms with E-state index in [0.29, 0.717) is 5.56 Å². The molecule has 1 saturated carbocycles. The number of aromatic nitrogens is 1. The van der Waals surface area contributed by atoms with Crippen molar-refractivity contribution >= 4 is 21.8 Å². The lowest BCUT2D eigenvalue weighted by Crippen LogP contribution is -2.40. The number of carbonyl (C=O) groups excluding carboxylic acids is 1. The summed E-state index contributed by atoms with van der Waals surface area (Å²) in [6.07, 6.45) is 8.71. The normalized spacial score (nSPS) is 17.5. The van der Waals surface area contributed by atoms with Gasteiger partial charge in [0.05, 0.1) is 11.6 Å². The average Bonchev–Trinajstić information content (AvgIpc) is 2.45. The molecule has 1 N–H and O–H groups in total. The highest BCUT2D eigenvalue weighted by atomic mass is 79.9. The van der Waals surface area contributed by atoms with Crippen LogP contribution >= 0.6 is 15.9 Å². The molecule has 0 spiro atoms. The standard InChI is InChI=1S/C14H16BrN3O/c15-12-6-11(8-17-9-12)14(19)18-13(7-16)10-4-2-1-3-5-10/h6,8-10,13H,1-5H2,(H,18,19). The molecule has 1 amide bonds. The van der Waals surface area contributed by atoms with E-state index in [1.54, 1.807) is 12.3 Å². The van der Waals surface area contributed by atoms with Gasteiger partial charge in [-0.05, 0) is 40.8 Å². The van der Waals surface area contributed by atoms with E-state index in [4.69, 9.17) is 0 Å². The van der Waals surface area contributed by atoms with Gasteiger partial charge in [0.25, 0.3) is 5.91 Å². The molecule has 2 rings (SSSR count). The Bertz CT molecular complexity index is 492. The van der Waals surface area contributed by atoms with Gasteiger partial charge in [-0.25, -0.2) is 0 Å². The number of rotatable bonds is 3.